The van der Waals surface area contributed by atoms with Crippen molar-refractivity contribution in [2.75, 3.05) is 6.54 Å². The van der Waals surface area contributed by atoms with E-state index in [4.69, 9.17) is 9.78 Å². The van der Waals surface area contributed by atoms with Crippen molar-refractivity contribution < 1.29 is 9.63 Å². The van der Waals surface area contributed by atoms with Gasteiger partial charge in [0.05, 0.1) is 23.8 Å². The fourth-order valence-corrected chi connectivity index (χ4v) is 3.36. The highest BCUT2D eigenvalue weighted by atomic mass is 16.5. The predicted molar refractivity (Wildman–Crippen MR) is 94.7 cm³/mol. The van der Waals surface area contributed by atoms with Crippen molar-refractivity contribution >= 4 is 0 Å². The van der Waals surface area contributed by atoms with Crippen molar-refractivity contribution in [2.24, 2.45) is 0 Å². The summed E-state index contributed by atoms with van der Waals surface area (Å²) in [6.07, 6.45) is 0.111. The van der Waals surface area contributed by atoms with Crippen LogP contribution in [0.15, 0.2) is 59.1 Å². The van der Waals surface area contributed by atoms with Crippen LogP contribution in [-0.2, 0) is 6.54 Å². The van der Waals surface area contributed by atoms with E-state index in [9.17, 15) is 5.11 Å². The third-order valence-electron chi connectivity index (χ3n) is 4.58. The molecule has 1 aliphatic rings. The summed E-state index contributed by atoms with van der Waals surface area (Å²) in [4.78, 5) is 6.65. The molecule has 2 heterocycles. The number of β-amino-alcohol motifs (C(OH)–C–C–N with tert-alkyl or cyclic N) is 1. The van der Waals surface area contributed by atoms with E-state index < -0.39 is 6.10 Å². The molecule has 4 rings (SSSR count). The van der Waals surface area contributed by atoms with E-state index in [0.717, 1.165) is 11.1 Å². The summed E-state index contributed by atoms with van der Waals surface area (Å²) in [6, 6.07) is 19.2. The van der Waals surface area contributed by atoms with Crippen molar-refractivity contribution in [3.05, 3.63) is 71.6 Å². The van der Waals surface area contributed by atoms with Crippen LogP contribution in [0, 0.1) is 11.3 Å². The van der Waals surface area contributed by atoms with Gasteiger partial charge in [-0.15, -0.1) is 0 Å². The Hall–Kier alpha value is -3.01. The van der Waals surface area contributed by atoms with Gasteiger partial charge in [0.15, 0.2) is 0 Å². The molecule has 0 amide bonds. The Morgan fingerprint density at radius 3 is 2.85 bits per heavy atom. The minimum Gasteiger partial charge on any atom is -0.392 e. The molecule has 2 atom stereocenters. The Morgan fingerprint density at radius 2 is 2.04 bits per heavy atom. The normalized spacial score (nSPS) is 20.2. The van der Waals surface area contributed by atoms with Gasteiger partial charge in [-0.05, 0) is 24.1 Å². The molecular weight excluding hydrogens is 328 g/mol. The average molecular weight is 346 g/mol. The smallest absolute Gasteiger partial charge is 0.244 e. The number of aliphatic hydroxyl groups excluding tert-OH is 1. The van der Waals surface area contributed by atoms with Gasteiger partial charge < -0.3 is 9.63 Å². The van der Waals surface area contributed by atoms with Crippen LogP contribution >= 0.6 is 0 Å². The molecule has 1 saturated heterocycles. The highest BCUT2D eigenvalue weighted by molar-refractivity contribution is 5.53. The van der Waals surface area contributed by atoms with Crippen molar-refractivity contribution in [1.29, 1.82) is 5.26 Å². The zero-order valence-corrected chi connectivity index (χ0v) is 14.1. The van der Waals surface area contributed by atoms with Gasteiger partial charge in [0.25, 0.3) is 0 Å². The van der Waals surface area contributed by atoms with Gasteiger partial charge in [0.2, 0.25) is 11.7 Å². The zero-order valence-electron chi connectivity index (χ0n) is 14.1. The zero-order chi connectivity index (χ0) is 17.9. The van der Waals surface area contributed by atoms with Crippen molar-refractivity contribution in [2.45, 2.75) is 25.1 Å². The molecule has 26 heavy (non-hydrogen) atoms. The molecule has 0 aliphatic carbocycles. The third kappa shape index (κ3) is 3.36. The molecule has 0 radical (unpaired) electrons. The van der Waals surface area contributed by atoms with E-state index in [1.807, 2.05) is 48.5 Å². The molecule has 6 heteroatoms. The van der Waals surface area contributed by atoms with Gasteiger partial charge in [0.1, 0.15) is 0 Å². The number of aliphatic hydroxyl groups is 1. The first-order chi connectivity index (χ1) is 12.7. The predicted octanol–water partition coefficient (Wildman–Crippen LogP) is 2.92. The summed E-state index contributed by atoms with van der Waals surface area (Å²) in [7, 11) is 0. The minimum atomic E-state index is -0.439. The first kappa shape index (κ1) is 16.5. The summed E-state index contributed by atoms with van der Waals surface area (Å²) >= 11 is 0. The van der Waals surface area contributed by atoms with Crippen LogP contribution in [0.3, 0.4) is 0 Å². The van der Waals surface area contributed by atoms with Crippen LogP contribution in [0.2, 0.25) is 0 Å². The number of hydrogen-bond donors (Lipinski definition) is 1. The molecule has 1 N–H and O–H groups in total. The standard InChI is InChI=1S/C20H18N4O2/c21-11-14-5-4-6-15(9-14)12-24-13-17(25)10-18(24)20-22-19(23-26-20)16-7-2-1-3-8-16/h1-9,17-18,25H,10,12-13H2. The van der Waals surface area contributed by atoms with Crippen LogP contribution in [0.25, 0.3) is 11.4 Å². The second-order valence-corrected chi connectivity index (χ2v) is 6.47. The van der Waals surface area contributed by atoms with E-state index in [2.05, 4.69) is 21.1 Å². The first-order valence-corrected chi connectivity index (χ1v) is 8.53. The van der Waals surface area contributed by atoms with Gasteiger partial charge in [-0.2, -0.15) is 10.2 Å². The Morgan fingerprint density at radius 1 is 1.19 bits per heavy atom. The fourth-order valence-electron chi connectivity index (χ4n) is 3.36. The molecule has 130 valence electrons. The van der Waals surface area contributed by atoms with Gasteiger partial charge >= 0.3 is 0 Å². The van der Waals surface area contributed by atoms with Crippen LogP contribution in [0.4, 0.5) is 0 Å². The number of hydrogen-bond acceptors (Lipinski definition) is 6. The number of rotatable bonds is 4. The maximum absolute atomic E-state index is 10.2. The quantitative estimate of drug-likeness (QED) is 0.782. The lowest BCUT2D eigenvalue weighted by atomic mass is 10.1. The largest absolute Gasteiger partial charge is 0.392 e. The molecule has 3 aromatic rings. The SMILES string of the molecule is N#Cc1cccc(CN2CC(O)CC2c2nc(-c3ccccc3)no2)c1. The molecule has 1 aromatic heterocycles. The van der Waals surface area contributed by atoms with Crippen LogP contribution in [0.5, 0.6) is 0 Å². The van der Waals surface area contributed by atoms with Crippen LogP contribution in [0.1, 0.15) is 29.5 Å². The Bertz CT molecular complexity index is 932. The van der Waals surface area contributed by atoms with E-state index in [1.54, 1.807) is 6.07 Å². The molecule has 0 saturated carbocycles. The number of nitrogens with zero attached hydrogens (tertiary/aromatic N) is 4. The van der Waals surface area contributed by atoms with Gasteiger partial charge in [-0.3, -0.25) is 4.90 Å². The summed E-state index contributed by atoms with van der Waals surface area (Å²) < 4.78 is 5.50. The summed E-state index contributed by atoms with van der Waals surface area (Å²) in [6.45, 7) is 1.14. The lowest BCUT2D eigenvalue weighted by molar-refractivity contribution is 0.169. The van der Waals surface area contributed by atoms with Crippen molar-refractivity contribution in [3.8, 4) is 17.5 Å². The summed E-state index contributed by atoms with van der Waals surface area (Å²) in [5, 5.41) is 23.3. The maximum Gasteiger partial charge on any atom is 0.244 e. The molecule has 6 nitrogen and oxygen atoms in total. The molecular formula is C20H18N4O2. The minimum absolute atomic E-state index is 0.138. The summed E-state index contributed by atoms with van der Waals surface area (Å²) in [5.41, 5.74) is 2.54. The number of nitriles is 1. The van der Waals surface area contributed by atoms with E-state index in [0.29, 0.717) is 36.8 Å². The molecule has 2 aromatic carbocycles. The Balaban J connectivity index is 1.57. The van der Waals surface area contributed by atoms with Crippen LogP contribution in [-0.4, -0.2) is 32.8 Å². The molecule has 2 unspecified atom stereocenters. The van der Waals surface area contributed by atoms with Crippen molar-refractivity contribution in [3.63, 3.8) is 0 Å². The topological polar surface area (TPSA) is 86.2 Å². The highest BCUT2D eigenvalue weighted by Gasteiger charge is 2.35. The van der Waals surface area contributed by atoms with Gasteiger partial charge in [0, 0.05) is 18.7 Å². The molecule has 0 spiro atoms. The monoisotopic (exact) mass is 346 g/mol. The lowest BCUT2D eigenvalue weighted by Crippen LogP contribution is -2.24. The number of benzene rings is 2. The Labute approximate surface area is 151 Å². The third-order valence-corrected chi connectivity index (χ3v) is 4.58. The highest BCUT2D eigenvalue weighted by Crippen LogP contribution is 2.33. The van der Waals surface area contributed by atoms with E-state index in [1.165, 1.54) is 0 Å². The van der Waals surface area contributed by atoms with Gasteiger partial charge in [-0.25, -0.2) is 0 Å². The summed E-state index contributed by atoms with van der Waals surface area (Å²) in [5.74, 6) is 1.06. The van der Waals surface area contributed by atoms with Crippen molar-refractivity contribution in [1.82, 2.24) is 15.0 Å². The molecule has 1 aliphatic heterocycles. The first-order valence-electron chi connectivity index (χ1n) is 8.53. The number of aromatic nitrogens is 2. The second kappa shape index (κ2) is 7.08. The van der Waals surface area contributed by atoms with Crippen LogP contribution < -0.4 is 0 Å². The van der Waals surface area contributed by atoms with E-state index >= 15 is 0 Å². The molecule has 0 bridgehead atoms. The fraction of sp³-hybridized carbons (Fsp3) is 0.250. The molecule has 1 fully saturated rings. The Kier molecular flexibility index (Phi) is 4.48. The number of likely N-dealkylation sites (tertiary alicyclic amines) is 1. The maximum atomic E-state index is 10.2. The van der Waals surface area contributed by atoms with Gasteiger partial charge in [-0.1, -0.05) is 47.6 Å². The average Bonchev–Trinajstić information content (AvgIpc) is 3.29. The lowest BCUT2D eigenvalue weighted by Gasteiger charge is -2.21. The second-order valence-electron chi connectivity index (χ2n) is 6.47. The van der Waals surface area contributed by atoms with E-state index in [-0.39, 0.29) is 6.04 Å².